The highest BCUT2D eigenvalue weighted by molar-refractivity contribution is 5.98. The molecule has 0 saturated heterocycles. The molecule has 1 amide bonds. The van der Waals surface area contributed by atoms with Crippen molar-refractivity contribution in [1.82, 2.24) is 0 Å². The van der Waals surface area contributed by atoms with E-state index in [-0.39, 0.29) is 18.3 Å². The van der Waals surface area contributed by atoms with Crippen LogP contribution < -0.4 is 15.8 Å². The lowest BCUT2D eigenvalue weighted by molar-refractivity contribution is -0.121. The Morgan fingerprint density at radius 3 is 2.80 bits per heavy atom. The molecule has 1 aliphatic carbocycles. The number of nitrogens with two attached hydrogens (primary N) is 1. The van der Waals surface area contributed by atoms with Crippen molar-refractivity contribution in [3.63, 3.8) is 0 Å². The van der Waals surface area contributed by atoms with E-state index in [2.05, 4.69) is 11.9 Å². The molecule has 110 valence electrons. The van der Waals surface area contributed by atoms with Gasteiger partial charge >= 0.3 is 0 Å². The summed E-state index contributed by atoms with van der Waals surface area (Å²) in [6.45, 7) is 4.04. The van der Waals surface area contributed by atoms with Gasteiger partial charge in [-0.1, -0.05) is 31.6 Å². The number of hydrogen-bond acceptors (Lipinski definition) is 3. The van der Waals surface area contributed by atoms with Gasteiger partial charge in [0.05, 0.1) is 5.54 Å². The number of hydrogen-bond donors (Lipinski definition) is 2. The Hall–Kier alpha value is -1.52. The highest BCUT2D eigenvalue weighted by atomic mass is 35.5. The van der Waals surface area contributed by atoms with Gasteiger partial charge in [0.15, 0.2) is 0 Å². The molecule has 4 nitrogen and oxygen atoms in total. The summed E-state index contributed by atoms with van der Waals surface area (Å²) in [4.78, 5) is 12.2. The van der Waals surface area contributed by atoms with Crippen molar-refractivity contribution in [3.8, 4) is 5.75 Å². The van der Waals surface area contributed by atoms with Crippen molar-refractivity contribution < 1.29 is 9.53 Å². The summed E-state index contributed by atoms with van der Waals surface area (Å²) >= 11 is 0. The van der Waals surface area contributed by atoms with Crippen LogP contribution in [0.1, 0.15) is 25.7 Å². The minimum Gasteiger partial charge on any atom is -0.489 e. The highest BCUT2D eigenvalue weighted by Crippen LogP contribution is 2.28. The Kier molecular flexibility index (Phi) is 6.05. The van der Waals surface area contributed by atoms with E-state index in [1.165, 1.54) is 0 Å². The van der Waals surface area contributed by atoms with Crippen LogP contribution >= 0.6 is 12.4 Å². The van der Waals surface area contributed by atoms with Gasteiger partial charge in [-0.3, -0.25) is 4.79 Å². The summed E-state index contributed by atoms with van der Waals surface area (Å²) in [6, 6.07) is 7.30. The van der Waals surface area contributed by atoms with E-state index in [0.717, 1.165) is 25.7 Å². The van der Waals surface area contributed by atoms with Crippen LogP contribution in [0.5, 0.6) is 5.75 Å². The summed E-state index contributed by atoms with van der Waals surface area (Å²) < 4.78 is 5.43. The highest BCUT2D eigenvalue weighted by Gasteiger charge is 2.36. The molecule has 1 saturated carbocycles. The second-order valence-corrected chi connectivity index (χ2v) is 4.94. The van der Waals surface area contributed by atoms with Crippen molar-refractivity contribution in [3.05, 3.63) is 36.9 Å². The molecule has 1 fully saturated rings. The van der Waals surface area contributed by atoms with E-state index < -0.39 is 5.54 Å². The number of ether oxygens (including phenoxy) is 1. The van der Waals surface area contributed by atoms with Gasteiger partial charge in [0, 0.05) is 11.8 Å². The van der Waals surface area contributed by atoms with Crippen LogP contribution in [0, 0.1) is 0 Å². The third kappa shape index (κ3) is 3.99. The number of halogens is 1. The average molecular weight is 297 g/mol. The Balaban J connectivity index is 0.00000200. The molecule has 0 spiro atoms. The van der Waals surface area contributed by atoms with Gasteiger partial charge in [0.25, 0.3) is 0 Å². The monoisotopic (exact) mass is 296 g/mol. The minimum atomic E-state index is -0.710. The molecule has 2 rings (SSSR count). The topological polar surface area (TPSA) is 64.3 Å². The Morgan fingerprint density at radius 2 is 2.15 bits per heavy atom. The summed E-state index contributed by atoms with van der Waals surface area (Å²) in [6.07, 6.45) is 5.23. The maximum absolute atomic E-state index is 12.2. The first kappa shape index (κ1) is 16.5. The average Bonchev–Trinajstić information content (AvgIpc) is 2.85. The number of benzene rings is 1. The van der Waals surface area contributed by atoms with Crippen molar-refractivity contribution in [1.29, 1.82) is 0 Å². The third-order valence-electron chi connectivity index (χ3n) is 3.41. The normalized spacial score (nSPS) is 16.1. The number of amides is 1. The van der Waals surface area contributed by atoms with Crippen molar-refractivity contribution in [2.24, 2.45) is 5.73 Å². The van der Waals surface area contributed by atoms with Gasteiger partial charge in [-0.15, -0.1) is 12.4 Å². The largest absolute Gasteiger partial charge is 0.489 e. The molecule has 0 bridgehead atoms. The molecule has 0 unspecified atom stereocenters. The van der Waals surface area contributed by atoms with Crippen molar-refractivity contribution in [2.75, 3.05) is 11.9 Å². The molecule has 20 heavy (non-hydrogen) atoms. The molecule has 1 aromatic rings. The van der Waals surface area contributed by atoms with Crippen LogP contribution in [0.25, 0.3) is 0 Å². The van der Waals surface area contributed by atoms with Gasteiger partial charge in [0.1, 0.15) is 12.4 Å². The second kappa shape index (κ2) is 7.31. The fraction of sp³-hybridized carbons (Fsp3) is 0.400. The third-order valence-corrected chi connectivity index (χ3v) is 3.41. The van der Waals surface area contributed by atoms with E-state index in [0.29, 0.717) is 18.0 Å². The van der Waals surface area contributed by atoms with Gasteiger partial charge in [-0.25, -0.2) is 0 Å². The van der Waals surface area contributed by atoms with E-state index in [4.69, 9.17) is 10.5 Å². The number of anilines is 1. The quantitative estimate of drug-likeness (QED) is 0.821. The SMILES string of the molecule is C=CCOc1cccc(NC(=O)C2(N)CCCC2)c1.Cl. The first-order valence-electron chi connectivity index (χ1n) is 6.58. The molecule has 0 heterocycles. The molecule has 0 atom stereocenters. The smallest absolute Gasteiger partial charge is 0.244 e. The van der Waals surface area contributed by atoms with Gasteiger partial charge in [-0.05, 0) is 25.0 Å². The fourth-order valence-electron chi connectivity index (χ4n) is 2.31. The molecular formula is C15H21ClN2O2. The second-order valence-electron chi connectivity index (χ2n) is 4.94. The lowest BCUT2D eigenvalue weighted by atomic mass is 9.98. The summed E-state index contributed by atoms with van der Waals surface area (Å²) in [5.41, 5.74) is 6.11. The number of carbonyl (C=O) groups is 1. The molecule has 5 heteroatoms. The lowest BCUT2D eigenvalue weighted by Gasteiger charge is -2.22. The number of carbonyl (C=O) groups excluding carboxylic acids is 1. The van der Waals surface area contributed by atoms with Crippen LogP contribution in [0.15, 0.2) is 36.9 Å². The molecule has 0 radical (unpaired) electrons. The summed E-state index contributed by atoms with van der Waals surface area (Å²) in [5.74, 6) is 0.598. The Bertz CT molecular complexity index is 471. The van der Waals surface area contributed by atoms with Crippen molar-refractivity contribution >= 4 is 24.0 Å². The van der Waals surface area contributed by atoms with Gasteiger partial charge in [0.2, 0.25) is 5.91 Å². The van der Waals surface area contributed by atoms with E-state index in [9.17, 15) is 4.79 Å². The standard InChI is InChI=1S/C15H20N2O2.ClH/c1-2-10-19-13-7-5-6-12(11-13)17-14(18)15(16)8-3-4-9-15;/h2,5-7,11H,1,3-4,8-10,16H2,(H,17,18);1H. The number of nitrogens with one attached hydrogen (secondary N) is 1. The Labute approximate surface area is 125 Å². The summed E-state index contributed by atoms with van der Waals surface area (Å²) in [7, 11) is 0. The maximum Gasteiger partial charge on any atom is 0.244 e. The van der Waals surface area contributed by atoms with Crippen LogP contribution in [0.3, 0.4) is 0 Å². The Morgan fingerprint density at radius 1 is 1.45 bits per heavy atom. The fourth-order valence-corrected chi connectivity index (χ4v) is 2.31. The molecule has 0 aromatic heterocycles. The van der Waals surface area contributed by atoms with Crippen LogP contribution in [0.2, 0.25) is 0 Å². The van der Waals surface area contributed by atoms with E-state index >= 15 is 0 Å². The molecule has 3 N–H and O–H groups in total. The molecule has 0 aliphatic heterocycles. The van der Waals surface area contributed by atoms with Crippen LogP contribution in [0.4, 0.5) is 5.69 Å². The van der Waals surface area contributed by atoms with Crippen LogP contribution in [-0.2, 0) is 4.79 Å². The maximum atomic E-state index is 12.2. The molecule has 1 aliphatic rings. The first-order valence-corrected chi connectivity index (χ1v) is 6.58. The predicted octanol–water partition coefficient (Wildman–Crippen LogP) is 2.88. The molecular weight excluding hydrogens is 276 g/mol. The minimum absolute atomic E-state index is 0. The van der Waals surface area contributed by atoms with Crippen molar-refractivity contribution in [2.45, 2.75) is 31.2 Å². The van der Waals surface area contributed by atoms with Gasteiger partial charge < -0.3 is 15.8 Å². The van der Waals surface area contributed by atoms with E-state index in [1.54, 1.807) is 12.1 Å². The van der Waals surface area contributed by atoms with E-state index in [1.807, 2.05) is 18.2 Å². The zero-order chi connectivity index (χ0) is 13.7. The zero-order valence-electron chi connectivity index (χ0n) is 11.4. The van der Waals surface area contributed by atoms with Gasteiger partial charge in [-0.2, -0.15) is 0 Å². The lowest BCUT2D eigenvalue weighted by Crippen LogP contribution is -2.48. The van der Waals surface area contributed by atoms with Crippen LogP contribution in [-0.4, -0.2) is 18.1 Å². The first-order chi connectivity index (χ1) is 9.14. The summed E-state index contributed by atoms with van der Waals surface area (Å²) in [5, 5.41) is 2.87. The predicted molar refractivity (Wildman–Crippen MR) is 83.4 cm³/mol. The molecule has 1 aromatic carbocycles. The zero-order valence-corrected chi connectivity index (χ0v) is 12.2. The number of rotatable bonds is 5.